The van der Waals surface area contributed by atoms with Crippen LogP contribution in [0.25, 0.3) is 5.69 Å². The lowest BCUT2D eigenvalue weighted by molar-refractivity contribution is -0.124. The van der Waals surface area contributed by atoms with Gasteiger partial charge in [0.1, 0.15) is 6.20 Å². The predicted octanol–water partition coefficient (Wildman–Crippen LogP) is 2.28. The fourth-order valence-corrected chi connectivity index (χ4v) is 3.51. The first-order valence-corrected chi connectivity index (χ1v) is 9.00. The van der Waals surface area contributed by atoms with Crippen LogP contribution in [0.3, 0.4) is 0 Å². The van der Waals surface area contributed by atoms with E-state index in [9.17, 15) is 14.4 Å². The molecule has 0 aliphatic rings. The largest absolute Gasteiger partial charge is 0.358 e. The number of aromatic nitrogens is 3. The van der Waals surface area contributed by atoms with Crippen molar-refractivity contribution in [1.29, 1.82) is 0 Å². The van der Waals surface area contributed by atoms with E-state index in [1.165, 1.54) is 6.07 Å². The van der Waals surface area contributed by atoms with E-state index in [0.29, 0.717) is 21.8 Å². The van der Waals surface area contributed by atoms with Crippen LogP contribution in [0.4, 0.5) is 0 Å². The maximum atomic E-state index is 12.8. The van der Waals surface area contributed by atoms with Gasteiger partial charge in [0.2, 0.25) is 5.91 Å². The van der Waals surface area contributed by atoms with Crippen molar-refractivity contribution in [3.63, 3.8) is 0 Å². The highest BCUT2D eigenvalue weighted by Gasteiger charge is 2.38. The molecule has 2 aromatic carbocycles. The molecule has 1 unspecified atom stereocenters. The van der Waals surface area contributed by atoms with Crippen LogP contribution >= 0.6 is 23.2 Å². The molecule has 0 bridgehead atoms. The molecule has 0 spiro atoms. The van der Waals surface area contributed by atoms with Crippen LogP contribution in [0.15, 0.2) is 58.3 Å². The van der Waals surface area contributed by atoms with Gasteiger partial charge in [-0.15, -0.1) is 0 Å². The SMILES string of the molecule is CNC(=O)C(C)(c1ccc(Cl)cc1)c1ccc(-n2ncc(=O)[nH]c2=O)cc1Cl. The molecule has 144 valence electrons. The molecule has 0 saturated heterocycles. The normalized spacial score (nSPS) is 13.0. The van der Waals surface area contributed by atoms with Gasteiger partial charge in [0.05, 0.1) is 11.1 Å². The summed E-state index contributed by atoms with van der Waals surface area (Å²) in [5, 5.41) is 7.29. The zero-order valence-electron chi connectivity index (χ0n) is 15.0. The molecule has 1 aromatic heterocycles. The molecule has 0 aliphatic heterocycles. The van der Waals surface area contributed by atoms with Crippen molar-refractivity contribution < 1.29 is 4.79 Å². The van der Waals surface area contributed by atoms with E-state index < -0.39 is 16.7 Å². The summed E-state index contributed by atoms with van der Waals surface area (Å²) in [6, 6.07) is 11.7. The summed E-state index contributed by atoms with van der Waals surface area (Å²) in [5.74, 6) is -0.260. The summed E-state index contributed by atoms with van der Waals surface area (Å²) in [7, 11) is 1.54. The van der Waals surface area contributed by atoms with Gasteiger partial charge in [0.15, 0.2) is 0 Å². The number of H-pyrrole nitrogens is 1. The van der Waals surface area contributed by atoms with Gasteiger partial charge in [-0.2, -0.15) is 9.78 Å². The van der Waals surface area contributed by atoms with Crippen LogP contribution in [0.2, 0.25) is 10.0 Å². The maximum absolute atomic E-state index is 12.8. The quantitative estimate of drug-likeness (QED) is 0.678. The Balaban J connectivity index is 2.17. The first-order valence-electron chi connectivity index (χ1n) is 8.24. The number of carbonyl (C=O) groups excluding carboxylic acids is 1. The molecular weight excluding hydrogens is 403 g/mol. The number of likely N-dealkylation sites (N-methyl/N-ethyl adjacent to an activating group) is 1. The summed E-state index contributed by atoms with van der Waals surface area (Å²) in [5.41, 5.74) is -0.798. The van der Waals surface area contributed by atoms with Crippen LogP contribution in [0, 0.1) is 0 Å². The number of nitrogens with one attached hydrogen (secondary N) is 2. The number of aromatic amines is 1. The number of amides is 1. The monoisotopic (exact) mass is 418 g/mol. The Hall–Kier alpha value is -2.90. The van der Waals surface area contributed by atoms with E-state index in [-0.39, 0.29) is 10.9 Å². The van der Waals surface area contributed by atoms with Crippen LogP contribution in [-0.4, -0.2) is 27.7 Å². The predicted molar refractivity (Wildman–Crippen MR) is 107 cm³/mol. The third-order valence-corrected chi connectivity index (χ3v) is 5.12. The van der Waals surface area contributed by atoms with Gasteiger partial charge in [-0.1, -0.05) is 41.4 Å². The third kappa shape index (κ3) is 3.46. The lowest BCUT2D eigenvalue weighted by Crippen LogP contribution is -2.41. The summed E-state index contributed by atoms with van der Waals surface area (Å²) in [4.78, 5) is 38.1. The van der Waals surface area contributed by atoms with E-state index in [1.54, 1.807) is 50.4 Å². The van der Waals surface area contributed by atoms with Gasteiger partial charge < -0.3 is 5.32 Å². The van der Waals surface area contributed by atoms with Crippen molar-refractivity contribution in [2.75, 3.05) is 7.05 Å². The molecule has 0 radical (unpaired) electrons. The highest BCUT2D eigenvalue weighted by Crippen LogP contribution is 2.37. The van der Waals surface area contributed by atoms with Crippen molar-refractivity contribution in [3.05, 3.63) is 90.7 Å². The average Bonchev–Trinajstić information content (AvgIpc) is 2.67. The first-order chi connectivity index (χ1) is 13.3. The fraction of sp³-hybridized carbons (Fsp3) is 0.158. The zero-order chi connectivity index (χ0) is 20.5. The Morgan fingerprint density at radius 3 is 2.39 bits per heavy atom. The van der Waals surface area contributed by atoms with Crippen molar-refractivity contribution in [3.8, 4) is 5.69 Å². The smallest absolute Gasteiger partial charge is 0.349 e. The summed E-state index contributed by atoms with van der Waals surface area (Å²) >= 11 is 12.5. The van der Waals surface area contributed by atoms with E-state index in [1.807, 2.05) is 0 Å². The van der Waals surface area contributed by atoms with E-state index in [4.69, 9.17) is 23.2 Å². The molecule has 1 atom stereocenters. The molecule has 1 heterocycles. The number of hydrogen-bond donors (Lipinski definition) is 2. The summed E-state index contributed by atoms with van der Waals surface area (Å²) in [6.07, 6.45) is 0.992. The van der Waals surface area contributed by atoms with Crippen LogP contribution in [0.5, 0.6) is 0 Å². The lowest BCUT2D eigenvalue weighted by Gasteiger charge is -2.30. The molecule has 0 aliphatic carbocycles. The van der Waals surface area contributed by atoms with Gasteiger partial charge in [-0.05, 0) is 42.3 Å². The van der Waals surface area contributed by atoms with Gasteiger partial charge in [0.25, 0.3) is 5.56 Å². The second-order valence-electron chi connectivity index (χ2n) is 6.23. The van der Waals surface area contributed by atoms with Crippen molar-refractivity contribution >= 4 is 29.1 Å². The first kappa shape index (κ1) is 19.9. The fourth-order valence-electron chi connectivity index (χ4n) is 3.02. The lowest BCUT2D eigenvalue weighted by atomic mass is 9.75. The molecule has 7 nitrogen and oxygen atoms in total. The number of halogens is 2. The number of benzene rings is 2. The minimum atomic E-state index is -1.10. The van der Waals surface area contributed by atoms with Crippen LogP contribution in [0.1, 0.15) is 18.1 Å². The Bertz CT molecular complexity index is 1150. The van der Waals surface area contributed by atoms with E-state index in [2.05, 4.69) is 15.4 Å². The van der Waals surface area contributed by atoms with E-state index >= 15 is 0 Å². The summed E-state index contributed by atoms with van der Waals surface area (Å²) < 4.78 is 1.01. The van der Waals surface area contributed by atoms with Crippen molar-refractivity contribution in [2.45, 2.75) is 12.3 Å². The highest BCUT2D eigenvalue weighted by atomic mass is 35.5. The molecule has 9 heteroatoms. The molecule has 3 rings (SSSR count). The third-order valence-electron chi connectivity index (χ3n) is 4.55. The topological polar surface area (TPSA) is 96.8 Å². The Morgan fingerprint density at radius 2 is 1.82 bits per heavy atom. The molecule has 3 aromatic rings. The number of hydrogen-bond acceptors (Lipinski definition) is 4. The number of carbonyl (C=O) groups is 1. The zero-order valence-corrected chi connectivity index (χ0v) is 16.5. The minimum Gasteiger partial charge on any atom is -0.358 e. The highest BCUT2D eigenvalue weighted by molar-refractivity contribution is 6.32. The van der Waals surface area contributed by atoms with Gasteiger partial charge in [-0.25, -0.2) is 4.79 Å². The molecule has 1 amide bonds. The Labute approximate surface area is 169 Å². The average molecular weight is 419 g/mol. The van der Waals surface area contributed by atoms with Gasteiger partial charge in [0, 0.05) is 17.1 Å². The van der Waals surface area contributed by atoms with Crippen molar-refractivity contribution in [2.24, 2.45) is 0 Å². The second kappa shape index (κ2) is 7.61. The Kier molecular flexibility index (Phi) is 5.40. The molecule has 0 fully saturated rings. The maximum Gasteiger partial charge on any atom is 0.349 e. The second-order valence-corrected chi connectivity index (χ2v) is 7.07. The number of nitrogens with zero attached hydrogens (tertiary/aromatic N) is 2. The van der Waals surface area contributed by atoms with Crippen molar-refractivity contribution in [1.82, 2.24) is 20.1 Å². The van der Waals surface area contributed by atoms with Crippen LogP contribution in [-0.2, 0) is 10.2 Å². The van der Waals surface area contributed by atoms with Gasteiger partial charge >= 0.3 is 5.69 Å². The molecular formula is C19H16Cl2N4O3. The number of rotatable bonds is 4. The van der Waals surface area contributed by atoms with Crippen LogP contribution < -0.4 is 16.6 Å². The molecule has 2 N–H and O–H groups in total. The molecule has 28 heavy (non-hydrogen) atoms. The van der Waals surface area contributed by atoms with Gasteiger partial charge in [-0.3, -0.25) is 14.6 Å². The summed E-state index contributed by atoms with van der Waals surface area (Å²) in [6.45, 7) is 1.75. The van der Waals surface area contributed by atoms with E-state index in [0.717, 1.165) is 10.9 Å². The standard InChI is InChI=1S/C19H16Cl2N4O3/c1-19(17(27)22-2,11-3-5-12(20)6-4-11)14-8-7-13(9-15(14)21)25-18(28)24-16(26)10-23-25/h3-10H,1-2H3,(H,22,27)(H,24,26,28). The Morgan fingerprint density at radius 1 is 1.14 bits per heavy atom. The molecule has 0 saturated carbocycles. The minimum absolute atomic E-state index is 0.260.